The third-order valence-corrected chi connectivity index (χ3v) is 3.21. The molecule has 0 atom stereocenters. The highest BCUT2D eigenvalue weighted by Crippen LogP contribution is 2.17. The number of halogens is 1. The van der Waals surface area contributed by atoms with Crippen molar-refractivity contribution in [2.24, 2.45) is 0 Å². The summed E-state index contributed by atoms with van der Waals surface area (Å²) < 4.78 is 0.746. The first-order chi connectivity index (χ1) is 8.97. The van der Waals surface area contributed by atoms with Crippen LogP contribution in [0.5, 0.6) is 0 Å². The molecule has 2 aromatic heterocycles. The van der Waals surface area contributed by atoms with Gasteiger partial charge in [-0.3, -0.25) is 9.78 Å². The molecule has 0 saturated heterocycles. The summed E-state index contributed by atoms with van der Waals surface area (Å²) in [6.45, 7) is 5.58. The number of amides is 1. The van der Waals surface area contributed by atoms with Crippen molar-refractivity contribution >= 4 is 27.5 Å². The molecule has 5 heteroatoms. The number of anilines is 1. The average Bonchev–Trinajstić information content (AvgIpc) is 2.32. The van der Waals surface area contributed by atoms with Gasteiger partial charge in [0.15, 0.2) is 0 Å². The monoisotopic (exact) mass is 319 g/mol. The van der Waals surface area contributed by atoms with Gasteiger partial charge < -0.3 is 5.32 Å². The van der Waals surface area contributed by atoms with Crippen LogP contribution in [0.4, 0.5) is 5.69 Å². The Morgan fingerprint density at radius 2 is 1.79 bits per heavy atom. The van der Waals surface area contributed by atoms with Crippen LogP contribution in [0.3, 0.4) is 0 Å². The number of nitrogens with one attached hydrogen (secondary N) is 1. The van der Waals surface area contributed by atoms with Crippen molar-refractivity contribution in [3.8, 4) is 0 Å². The normalized spacial score (nSPS) is 10.3. The minimum Gasteiger partial charge on any atom is -0.320 e. The van der Waals surface area contributed by atoms with E-state index in [1.54, 1.807) is 12.1 Å². The van der Waals surface area contributed by atoms with Crippen LogP contribution in [0.2, 0.25) is 0 Å². The van der Waals surface area contributed by atoms with Crippen LogP contribution in [0.15, 0.2) is 28.9 Å². The van der Waals surface area contributed by atoms with Crippen molar-refractivity contribution in [2.75, 3.05) is 5.32 Å². The zero-order valence-corrected chi connectivity index (χ0v) is 12.6. The summed E-state index contributed by atoms with van der Waals surface area (Å²) in [7, 11) is 0. The Hall–Kier alpha value is -1.75. The van der Waals surface area contributed by atoms with Crippen LogP contribution in [-0.4, -0.2) is 15.9 Å². The fraction of sp³-hybridized carbons (Fsp3) is 0.214. The van der Waals surface area contributed by atoms with Gasteiger partial charge in [0.05, 0.1) is 22.6 Å². The molecular weight excluding hydrogens is 306 g/mol. The minimum absolute atomic E-state index is 0.169. The Bertz CT molecular complexity index is 641. The molecule has 2 rings (SSSR count). The lowest BCUT2D eigenvalue weighted by Crippen LogP contribution is -2.15. The Balaban J connectivity index is 2.25. The van der Waals surface area contributed by atoms with Crippen molar-refractivity contribution in [1.82, 2.24) is 9.97 Å². The van der Waals surface area contributed by atoms with E-state index in [4.69, 9.17) is 0 Å². The molecule has 0 aliphatic rings. The number of aromatic nitrogens is 2. The lowest BCUT2D eigenvalue weighted by atomic mass is 10.1. The van der Waals surface area contributed by atoms with Gasteiger partial charge in [0, 0.05) is 5.69 Å². The van der Waals surface area contributed by atoms with Gasteiger partial charge in [-0.1, -0.05) is 0 Å². The van der Waals surface area contributed by atoms with Crippen LogP contribution < -0.4 is 5.32 Å². The Morgan fingerprint density at radius 3 is 2.42 bits per heavy atom. The second-order valence-corrected chi connectivity index (χ2v) is 5.12. The number of nitrogens with zero attached hydrogens (tertiary/aromatic N) is 2. The van der Waals surface area contributed by atoms with E-state index in [0.717, 1.165) is 21.7 Å². The van der Waals surface area contributed by atoms with Gasteiger partial charge in [0.25, 0.3) is 5.91 Å². The molecule has 19 heavy (non-hydrogen) atoms. The number of pyridine rings is 2. The molecule has 2 aromatic rings. The summed E-state index contributed by atoms with van der Waals surface area (Å²) in [5, 5.41) is 2.85. The first-order valence-electron chi connectivity index (χ1n) is 5.86. The molecule has 2 heterocycles. The van der Waals surface area contributed by atoms with E-state index in [1.807, 2.05) is 32.9 Å². The van der Waals surface area contributed by atoms with E-state index in [9.17, 15) is 4.79 Å². The standard InChI is InChI=1S/C14H14BrN3O/c1-8-4-5-11(9(2)16-8)14(19)18-12-6-7-13(15)17-10(12)3/h4-7H,1-3H3,(H,18,19). The zero-order valence-electron chi connectivity index (χ0n) is 11.0. The second-order valence-electron chi connectivity index (χ2n) is 4.31. The van der Waals surface area contributed by atoms with E-state index in [0.29, 0.717) is 11.3 Å². The van der Waals surface area contributed by atoms with E-state index in [2.05, 4.69) is 31.2 Å². The third kappa shape index (κ3) is 3.17. The third-order valence-electron chi connectivity index (χ3n) is 2.77. The topological polar surface area (TPSA) is 54.9 Å². The first kappa shape index (κ1) is 13.7. The summed E-state index contributed by atoms with van der Waals surface area (Å²) in [4.78, 5) is 20.7. The van der Waals surface area contributed by atoms with Crippen LogP contribution in [0.25, 0.3) is 0 Å². The SMILES string of the molecule is Cc1ccc(C(=O)Nc2ccc(Br)nc2C)c(C)n1. The Morgan fingerprint density at radius 1 is 1.05 bits per heavy atom. The molecule has 0 bridgehead atoms. The Kier molecular flexibility index (Phi) is 3.95. The summed E-state index contributed by atoms with van der Waals surface area (Å²) >= 11 is 3.29. The predicted molar refractivity (Wildman–Crippen MR) is 78.3 cm³/mol. The number of carbonyl (C=O) groups is 1. The molecule has 0 spiro atoms. The largest absolute Gasteiger partial charge is 0.320 e. The maximum atomic E-state index is 12.2. The number of hydrogen-bond donors (Lipinski definition) is 1. The molecule has 1 amide bonds. The molecule has 4 nitrogen and oxygen atoms in total. The summed E-state index contributed by atoms with van der Waals surface area (Å²) in [5.74, 6) is -0.169. The second kappa shape index (κ2) is 5.48. The number of aryl methyl sites for hydroxylation is 3. The molecule has 0 fully saturated rings. The number of hydrogen-bond acceptors (Lipinski definition) is 3. The quantitative estimate of drug-likeness (QED) is 0.863. The van der Waals surface area contributed by atoms with Crippen LogP contribution in [0, 0.1) is 20.8 Å². The lowest BCUT2D eigenvalue weighted by Gasteiger charge is -2.09. The van der Waals surface area contributed by atoms with Gasteiger partial charge in [0.2, 0.25) is 0 Å². The first-order valence-corrected chi connectivity index (χ1v) is 6.65. The van der Waals surface area contributed by atoms with Crippen molar-refractivity contribution in [3.05, 3.63) is 51.5 Å². The predicted octanol–water partition coefficient (Wildman–Crippen LogP) is 3.42. The highest BCUT2D eigenvalue weighted by Gasteiger charge is 2.11. The van der Waals surface area contributed by atoms with Crippen LogP contribution in [-0.2, 0) is 0 Å². The van der Waals surface area contributed by atoms with E-state index in [1.165, 1.54) is 0 Å². The van der Waals surface area contributed by atoms with Crippen molar-refractivity contribution in [3.63, 3.8) is 0 Å². The molecule has 0 unspecified atom stereocenters. The fourth-order valence-electron chi connectivity index (χ4n) is 1.78. The van der Waals surface area contributed by atoms with E-state index < -0.39 is 0 Å². The average molecular weight is 320 g/mol. The highest BCUT2D eigenvalue weighted by molar-refractivity contribution is 9.10. The van der Waals surface area contributed by atoms with Crippen LogP contribution >= 0.6 is 15.9 Å². The van der Waals surface area contributed by atoms with E-state index in [-0.39, 0.29) is 5.91 Å². The number of carbonyl (C=O) groups excluding carboxylic acids is 1. The molecule has 0 aliphatic heterocycles. The zero-order chi connectivity index (χ0) is 14.0. The van der Waals surface area contributed by atoms with Gasteiger partial charge >= 0.3 is 0 Å². The summed E-state index contributed by atoms with van der Waals surface area (Å²) in [6, 6.07) is 7.23. The summed E-state index contributed by atoms with van der Waals surface area (Å²) in [5.41, 5.74) is 3.66. The van der Waals surface area contributed by atoms with Gasteiger partial charge in [-0.05, 0) is 61.0 Å². The van der Waals surface area contributed by atoms with Crippen molar-refractivity contribution in [2.45, 2.75) is 20.8 Å². The van der Waals surface area contributed by atoms with Crippen LogP contribution in [0.1, 0.15) is 27.4 Å². The molecule has 1 N–H and O–H groups in total. The van der Waals surface area contributed by atoms with Gasteiger partial charge in [-0.2, -0.15) is 0 Å². The maximum Gasteiger partial charge on any atom is 0.257 e. The van der Waals surface area contributed by atoms with Gasteiger partial charge in [0.1, 0.15) is 4.60 Å². The summed E-state index contributed by atoms with van der Waals surface area (Å²) in [6.07, 6.45) is 0. The highest BCUT2D eigenvalue weighted by atomic mass is 79.9. The van der Waals surface area contributed by atoms with E-state index >= 15 is 0 Å². The van der Waals surface area contributed by atoms with Crippen molar-refractivity contribution in [1.29, 1.82) is 0 Å². The maximum absolute atomic E-state index is 12.2. The minimum atomic E-state index is -0.169. The smallest absolute Gasteiger partial charge is 0.257 e. The molecule has 0 aromatic carbocycles. The van der Waals surface area contributed by atoms with Gasteiger partial charge in [-0.15, -0.1) is 0 Å². The molecule has 98 valence electrons. The molecular formula is C14H14BrN3O. The molecule has 0 saturated carbocycles. The molecule has 0 aliphatic carbocycles. The number of rotatable bonds is 2. The van der Waals surface area contributed by atoms with Gasteiger partial charge in [-0.25, -0.2) is 4.98 Å². The fourth-order valence-corrected chi connectivity index (χ4v) is 2.18. The van der Waals surface area contributed by atoms with Crippen molar-refractivity contribution < 1.29 is 4.79 Å². The lowest BCUT2D eigenvalue weighted by molar-refractivity contribution is 0.102. The molecule has 0 radical (unpaired) electrons. The Labute approximate surface area is 120 Å².